The summed E-state index contributed by atoms with van der Waals surface area (Å²) in [5.41, 5.74) is 12.7. The lowest BCUT2D eigenvalue weighted by molar-refractivity contribution is -0.0979. The summed E-state index contributed by atoms with van der Waals surface area (Å²) < 4.78 is 0. The second-order valence-corrected chi connectivity index (χ2v) is 1.95. The summed E-state index contributed by atoms with van der Waals surface area (Å²) in [6.07, 6.45) is 0. The van der Waals surface area contributed by atoms with E-state index in [1.54, 1.807) is 0 Å². The molecule has 3 heteroatoms. The van der Waals surface area contributed by atoms with Crippen molar-refractivity contribution in [3.05, 3.63) is 29.8 Å². The Morgan fingerprint density at radius 2 is 1.85 bits per heavy atom. The lowest BCUT2D eigenvalue weighted by Crippen LogP contribution is -1.96. The first kappa shape index (κ1) is 14.2. The number of rotatable bonds is 1. The molecule has 0 bridgehead atoms. The fourth-order valence-corrected chi connectivity index (χ4v) is 0.720. The van der Waals surface area contributed by atoms with E-state index in [0.717, 1.165) is 11.3 Å². The Kier molecular flexibility index (Phi) is 11.6. The van der Waals surface area contributed by atoms with Crippen LogP contribution in [0.3, 0.4) is 0 Å². The zero-order valence-electron chi connectivity index (χ0n) is 8.29. The second-order valence-electron chi connectivity index (χ2n) is 1.95. The zero-order chi connectivity index (χ0) is 10.7. The van der Waals surface area contributed by atoms with E-state index in [2.05, 4.69) is 0 Å². The van der Waals surface area contributed by atoms with Crippen LogP contribution in [0.2, 0.25) is 0 Å². The van der Waals surface area contributed by atoms with Crippen LogP contribution in [0.4, 0.5) is 5.69 Å². The molecule has 0 aromatic heterocycles. The highest BCUT2D eigenvalue weighted by Gasteiger charge is 1.86. The molecule has 0 aliphatic carbocycles. The van der Waals surface area contributed by atoms with Crippen molar-refractivity contribution >= 4 is 12.5 Å². The molecule has 0 radical (unpaired) electrons. The normalized spacial score (nSPS) is 7.31. The van der Waals surface area contributed by atoms with Crippen molar-refractivity contribution in [2.24, 2.45) is 5.73 Å². The molecule has 3 nitrogen and oxygen atoms in total. The van der Waals surface area contributed by atoms with Gasteiger partial charge in [0, 0.05) is 12.2 Å². The predicted octanol–water partition coefficient (Wildman–Crippen LogP) is 1.57. The summed E-state index contributed by atoms with van der Waals surface area (Å²) in [5, 5.41) is 0. The highest BCUT2D eigenvalue weighted by Crippen LogP contribution is 2.04. The quantitative estimate of drug-likeness (QED) is 0.648. The number of hydrogen-bond acceptors (Lipinski definition) is 3. The van der Waals surface area contributed by atoms with Crippen LogP contribution in [0, 0.1) is 0 Å². The van der Waals surface area contributed by atoms with Crippen molar-refractivity contribution in [1.82, 2.24) is 0 Å². The van der Waals surface area contributed by atoms with E-state index in [-0.39, 0.29) is 0 Å². The molecule has 0 amide bonds. The fraction of sp³-hybridized carbons (Fsp3) is 0.300. The molecule has 1 aromatic rings. The molecule has 0 saturated carbocycles. The Balaban J connectivity index is 0. The molecular weight excluding hydrogens is 164 g/mol. The minimum atomic E-state index is 0.561. The van der Waals surface area contributed by atoms with Crippen LogP contribution in [-0.4, -0.2) is 6.79 Å². The number of carbonyl (C=O) groups is 1. The van der Waals surface area contributed by atoms with Gasteiger partial charge in [-0.05, 0) is 17.7 Å². The molecule has 0 saturated heterocycles. The van der Waals surface area contributed by atoms with Gasteiger partial charge < -0.3 is 16.3 Å². The summed E-state index contributed by atoms with van der Waals surface area (Å²) in [7, 11) is 0. The average molecular weight is 182 g/mol. The standard InChI is InChI=1S/C7H10N2.C2H6.CH2O/c8-5-6-2-1-3-7(9)4-6;2*1-2/h1-4H,5,8-9H2;1-2H3;1H2. The van der Waals surface area contributed by atoms with Crippen molar-refractivity contribution in [2.45, 2.75) is 20.4 Å². The lowest BCUT2D eigenvalue weighted by atomic mass is 10.2. The minimum absolute atomic E-state index is 0.561. The molecule has 0 unspecified atom stereocenters. The number of carbonyl (C=O) groups excluding carboxylic acids is 1. The van der Waals surface area contributed by atoms with E-state index < -0.39 is 0 Å². The van der Waals surface area contributed by atoms with E-state index in [1.165, 1.54) is 0 Å². The predicted molar refractivity (Wildman–Crippen MR) is 57.2 cm³/mol. The van der Waals surface area contributed by atoms with E-state index in [4.69, 9.17) is 16.3 Å². The molecule has 1 rings (SSSR count). The molecule has 0 aliphatic heterocycles. The lowest BCUT2D eigenvalue weighted by Gasteiger charge is -1.95. The number of nitrogen functional groups attached to an aromatic ring is 1. The van der Waals surface area contributed by atoms with Crippen LogP contribution in [0.15, 0.2) is 24.3 Å². The van der Waals surface area contributed by atoms with Gasteiger partial charge in [-0.15, -0.1) is 0 Å². The average Bonchev–Trinajstić information content (AvgIpc) is 2.24. The zero-order valence-corrected chi connectivity index (χ0v) is 8.29. The third kappa shape index (κ3) is 7.03. The van der Waals surface area contributed by atoms with E-state index in [9.17, 15) is 0 Å². The Morgan fingerprint density at radius 1 is 1.31 bits per heavy atom. The third-order valence-electron chi connectivity index (χ3n) is 1.19. The topological polar surface area (TPSA) is 69.1 Å². The fourth-order valence-electron chi connectivity index (χ4n) is 0.720. The van der Waals surface area contributed by atoms with Crippen LogP contribution in [0.1, 0.15) is 19.4 Å². The van der Waals surface area contributed by atoms with Crippen molar-refractivity contribution in [2.75, 3.05) is 5.73 Å². The molecule has 0 heterocycles. The molecule has 4 N–H and O–H groups in total. The highest BCUT2D eigenvalue weighted by molar-refractivity contribution is 5.40. The summed E-state index contributed by atoms with van der Waals surface area (Å²) in [6, 6.07) is 7.58. The van der Waals surface area contributed by atoms with Gasteiger partial charge in [0.25, 0.3) is 0 Å². The molecule has 0 aliphatic rings. The highest BCUT2D eigenvalue weighted by atomic mass is 16.1. The third-order valence-corrected chi connectivity index (χ3v) is 1.19. The molecule has 13 heavy (non-hydrogen) atoms. The van der Waals surface area contributed by atoms with Crippen LogP contribution in [-0.2, 0) is 11.3 Å². The number of nitrogens with two attached hydrogens (primary N) is 2. The van der Waals surface area contributed by atoms with Crippen molar-refractivity contribution in [1.29, 1.82) is 0 Å². The first-order chi connectivity index (χ1) is 6.33. The molecule has 74 valence electrons. The van der Waals surface area contributed by atoms with Crippen LogP contribution >= 0.6 is 0 Å². The summed E-state index contributed by atoms with van der Waals surface area (Å²) >= 11 is 0. The Hall–Kier alpha value is -1.35. The first-order valence-corrected chi connectivity index (χ1v) is 4.16. The van der Waals surface area contributed by atoms with Gasteiger partial charge in [-0.25, -0.2) is 0 Å². The van der Waals surface area contributed by atoms with E-state index in [0.29, 0.717) is 6.54 Å². The van der Waals surface area contributed by atoms with Gasteiger partial charge in [-0.3, -0.25) is 0 Å². The Morgan fingerprint density at radius 3 is 2.15 bits per heavy atom. The number of hydrogen-bond donors (Lipinski definition) is 2. The molecule has 0 atom stereocenters. The first-order valence-electron chi connectivity index (χ1n) is 4.16. The largest absolute Gasteiger partial charge is 0.399 e. The van der Waals surface area contributed by atoms with Gasteiger partial charge >= 0.3 is 0 Å². The number of anilines is 1. The van der Waals surface area contributed by atoms with Crippen LogP contribution in [0.25, 0.3) is 0 Å². The van der Waals surface area contributed by atoms with Gasteiger partial charge in [0.2, 0.25) is 0 Å². The molecule has 0 fully saturated rings. The maximum Gasteiger partial charge on any atom is 0.106 e. The van der Waals surface area contributed by atoms with E-state index >= 15 is 0 Å². The SMILES string of the molecule is C=O.CC.NCc1cccc(N)c1. The smallest absolute Gasteiger partial charge is 0.106 e. The summed E-state index contributed by atoms with van der Waals surface area (Å²) in [4.78, 5) is 8.00. The summed E-state index contributed by atoms with van der Waals surface area (Å²) in [5.74, 6) is 0. The van der Waals surface area contributed by atoms with E-state index in [1.807, 2.05) is 44.9 Å². The number of benzene rings is 1. The second kappa shape index (κ2) is 10.7. The van der Waals surface area contributed by atoms with Crippen LogP contribution < -0.4 is 11.5 Å². The monoisotopic (exact) mass is 182 g/mol. The Labute approximate surface area is 79.7 Å². The van der Waals surface area contributed by atoms with Gasteiger partial charge in [0.1, 0.15) is 6.79 Å². The maximum atomic E-state index is 8.00. The van der Waals surface area contributed by atoms with Gasteiger partial charge in [0.05, 0.1) is 0 Å². The maximum absolute atomic E-state index is 8.00. The molecular formula is C10H18N2O. The molecule has 0 spiro atoms. The van der Waals surface area contributed by atoms with Crippen molar-refractivity contribution < 1.29 is 4.79 Å². The van der Waals surface area contributed by atoms with Gasteiger partial charge in [-0.1, -0.05) is 26.0 Å². The minimum Gasteiger partial charge on any atom is -0.399 e. The summed E-state index contributed by atoms with van der Waals surface area (Å²) in [6.45, 7) is 6.56. The van der Waals surface area contributed by atoms with Gasteiger partial charge in [0.15, 0.2) is 0 Å². The Bertz CT molecular complexity index is 214. The van der Waals surface area contributed by atoms with Crippen molar-refractivity contribution in [3.8, 4) is 0 Å². The molecule has 1 aromatic carbocycles. The van der Waals surface area contributed by atoms with Gasteiger partial charge in [-0.2, -0.15) is 0 Å². The van der Waals surface area contributed by atoms with Crippen molar-refractivity contribution in [3.63, 3.8) is 0 Å². The van der Waals surface area contributed by atoms with Crippen LogP contribution in [0.5, 0.6) is 0 Å².